The Hall–Kier alpha value is -5.72. The Morgan fingerprint density at radius 1 is 0.949 bits per heavy atom. The van der Waals surface area contributed by atoms with Crippen LogP contribution in [0.4, 0.5) is 11.5 Å². The smallest absolute Gasteiger partial charge is 0.242 e. The van der Waals surface area contributed by atoms with Gasteiger partial charge in [-0.05, 0) is 104 Å². The van der Waals surface area contributed by atoms with Crippen molar-refractivity contribution >= 4 is 74.2 Å². The van der Waals surface area contributed by atoms with Gasteiger partial charge < -0.3 is 14.6 Å². The molecule has 0 bridgehead atoms. The molecule has 13 heteroatoms. The van der Waals surface area contributed by atoms with Gasteiger partial charge in [0.1, 0.15) is 11.5 Å². The van der Waals surface area contributed by atoms with Gasteiger partial charge >= 0.3 is 0 Å². The summed E-state index contributed by atoms with van der Waals surface area (Å²) >= 11 is 7.91. The van der Waals surface area contributed by atoms with E-state index in [1.807, 2.05) is 81.5 Å². The monoisotopic (exact) mass is 830 g/mol. The molecule has 1 saturated carbocycles. The molecule has 4 aliphatic rings. The molecule has 5 aromatic rings. The van der Waals surface area contributed by atoms with Gasteiger partial charge in [-0.1, -0.05) is 54.5 Å². The Labute approximate surface area is 350 Å². The van der Waals surface area contributed by atoms with Gasteiger partial charge in [-0.15, -0.1) is 11.3 Å². The normalized spacial score (nSPS) is 25.2. The molecular weight excluding hydrogens is 788 g/mol. The molecule has 9 rings (SSSR count). The van der Waals surface area contributed by atoms with E-state index >= 15 is 4.79 Å². The van der Waals surface area contributed by atoms with E-state index in [-0.39, 0.29) is 47.3 Å². The number of imide groups is 2. The topological polar surface area (TPSA) is 131 Å². The second-order valence-electron chi connectivity index (χ2n) is 16.1. The quantitative estimate of drug-likeness (QED) is 0.122. The van der Waals surface area contributed by atoms with Crippen LogP contribution in [-0.2, 0) is 32.6 Å². The first-order valence-electron chi connectivity index (χ1n) is 19.7. The van der Waals surface area contributed by atoms with Crippen LogP contribution in [0.25, 0.3) is 26.7 Å². The number of thiophene rings is 1. The number of rotatable bonds is 8. The Morgan fingerprint density at radius 2 is 1.66 bits per heavy atom. The second-order valence-corrected chi connectivity index (χ2v) is 17.6. The lowest BCUT2D eigenvalue weighted by Crippen LogP contribution is -2.49. The molecule has 6 unspecified atom stereocenters. The predicted octanol–water partition coefficient (Wildman–Crippen LogP) is 8.53. The van der Waals surface area contributed by atoms with Crippen LogP contribution in [0, 0.1) is 41.9 Å². The summed E-state index contributed by atoms with van der Waals surface area (Å²) in [6, 6.07) is 18.4. The maximum Gasteiger partial charge on any atom is 0.242 e. The summed E-state index contributed by atoms with van der Waals surface area (Å²) in [4.78, 5) is 62.3. The van der Waals surface area contributed by atoms with E-state index in [0.29, 0.717) is 34.2 Å². The van der Waals surface area contributed by atoms with Crippen molar-refractivity contribution in [2.75, 3.05) is 24.0 Å². The lowest BCUT2D eigenvalue weighted by atomic mass is 9.52. The number of nitrogens with zero attached hydrogens (tertiary/aromatic N) is 4. The highest BCUT2D eigenvalue weighted by Crippen LogP contribution is 2.61. The van der Waals surface area contributed by atoms with Gasteiger partial charge in [0.25, 0.3) is 0 Å². The van der Waals surface area contributed by atoms with Crippen LogP contribution in [-0.4, -0.2) is 52.7 Å². The number of aromatic nitrogens is 2. The van der Waals surface area contributed by atoms with E-state index in [2.05, 4.69) is 0 Å². The number of methoxy groups -OCH3 is 2. The zero-order chi connectivity index (χ0) is 41.7. The fraction of sp³-hybridized carbons (Fsp3) is 0.326. The number of halogens is 1. The number of allylic oxidation sites excluding steroid dienone is 3. The van der Waals surface area contributed by atoms with E-state index < -0.39 is 35.0 Å². The van der Waals surface area contributed by atoms with Crippen LogP contribution in [0.5, 0.6) is 17.2 Å². The molecule has 2 aliphatic heterocycles. The number of carbonyl (C=O) groups excluding carboxylic acids is 4. The average molecular weight is 831 g/mol. The van der Waals surface area contributed by atoms with E-state index in [9.17, 15) is 19.5 Å². The first kappa shape index (κ1) is 38.8. The summed E-state index contributed by atoms with van der Waals surface area (Å²) < 4.78 is 13.5. The van der Waals surface area contributed by atoms with Gasteiger partial charge in [0.05, 0.1) is 48.0 Å². The number of phenols is 1. The summed E-state index contributed by atoms with van der Waals surface area (Å²) in [6.07, 6.45) is 7.13. The van der Waals surface area contributed by atoms with Crippen molar-refractivity contribution in [2.24, 2.45) is 42.1 Å². The fourth-order valence-electron chi connectivity index (χ4n) is 10.0. The molecule has 4 heterocycles. The zero-order valence-corrected chi connectivity index (χ0v) is 35.1. The predicted molar refractivity (Wildman–Crippen MR) is 228 cm³/mol. The summed E-state index contributed by atoms with van der Waals surface area (Å²) in [5.41, 5.74) is 3.49. The highest BCUT2D eigenvalue weighted by atomic mass is 35.5. The van der Waals surface area contributed by atoms with Gasteiger partial charge in [0, 0.05) is 28.8 Å². The molecule has 3 aromatic carbocycles. The molecule has 2 saturated heterocycles. The number of phenolic OH excluding ortho intramolecular Hbond substituents is 1. The lowest BCUT2D eigenvalue weighted by molar-refractivity contribution is -0.132. The molecule has 0 spiro atoms. The number of amides is 4. The number of hydrogen-bond acceptors (Lipinski definition) is 9. The van der Waals surface area contributed by atoms with Gasteiger partial charge in [-0.25, -0.2) is 4.90 Å². The van der Waals surface area contributed by atoms with Crippen molar-refractivity contribution in [3.63, 3.8) is 0 Å². The van der Waals surface area contributed by atoms with Crippen molar-refractivity contribution in [3.8, 4) is 27.8 Å². The Kier molecular flexibility index (Phi) is 9.36. The van der Waals surface area contributed by atoms with Crippen molar-refractivity contribution in [1.82, 2.24) is 9.78 Å². The molecule has 59 heavy (non-hydrogen) atoms. The Balaban J connectivity index is 1.14. The minimum absolute atomic E-state index is 0.145. The number of fused-ring (bicyclic) bond motifs is 5. The minimum atomic E-state index is -1.26. The molecule has 302 valence electrons. The van der Waals surface area contributed by atoms with E-state index in [1.54, 1.807) is 41.3 Å². The summed E-state index contributed by atoms with van der Waals surface area (Å²) in [5.74, 6) is -3.89. The first-order chi connectivity index (χ1) is 28.3. The molecule has 2 aromatic heterocycles. The molecule has 2 aliphatic carbocycles. The largest absolute Gasteiger partial charge is 0.502 e. The number of aryl methyl sites for hydroxylation is 3. The minimum Gasteiger partial charge on any atom is -0.502 e. The number of aromatic hydroxyl groups is 1. The summed E-state index contributed by atoms with van der Waals surface area (Å²) in [6.45, 7) is 5.90. The maximum atomic E-state index is 15.2. The number of benzene rings is 3. The maximum absolute atomic E-state index is 15.2. The number of hydrogen-bond donors (Lipinski definition) is 1. The van der Waals surface area contributed by atoms with Crippen LogP contribution >= 0.6 is 22.9 Å². The van der Waals surface area contributed by atoms with Gasteiger partial charge in [0.15, 0.2) is 11.5 Å². The lowest BCUT2D eigenvalue weighted by Gasteiger charge is -2.47. The fourth-order valence-corrected chi connectivity index (χ4v) is 11.3. The molecular formula is C46H43ClN4O7S. The van der Waals surface area contributed by atoms with Crippen LogP contribution in [0.15, 0.2) is 78.4 Å². The number of anilines is 2. The molecule has 4 amide bonds. The SMILES string of the molecule is CCc1ccc(N2C(=O)C3CC=C4C(CC5C(=O)N(c6cc(-c7sc8ccc(Cl)cc8c7C)nn6C)C(=O)C5(C)C4C=Cc4cc(OC)c(O)c(OC)c4)C3C2=O)cc1. The summed E-state index contributed by atoms with van der Waals surface area (Å²) in [5, 5.41) is 17.1. The van der Waals surface area contributed by atoms with Gasteiger partial charge in [-0.3, -0.25) is 28.8 Å². The van der Waals surface area contributed by atoms with Crippen LogP contribution in [0.1, 0.15) is 43.4 Å². The molecule has 6 atom stereocenters. The Morgan fingerprint density at radius 3 is 2.34 bits per heavy atom. The van der Waals surface area contributed by atoms with Crippen LogP contribution < -0.4 is 19.3 Å². The van der Waals surface area contributed by atoms with Crippen LogP contribution in [0.2, 0.25) is 5.02 Å². The van der Waals surface area contributed by atoms with Gasteiger partial charge in [-0.2, -0.15) is 5.10 Å². The molecule has 11 nitrogen and oxygen atoms in total. The molecule has 1 N–H and O–H groups in total. The third kappa shape index (κ3) is 5.78. The standard InChI is InChI=1S/C46H43ClN4O7S/c1-7-24-8-12-27(13-9-24)50-42(53)29-15-14-28-31(39(29)44(50)55)21-33-43(54)51(38-22-34(48-49(38)4)41-23(2)30-20-26(47)11-17-37(30)59-41)45(56)46(33,3)32(28)16-10-25-18-35(57-5)40(52)36(19-25)58-6/h8-14,16-20,22,29,31-33,39,52H,7,15,21H2,1-6H3. The van der Waals surface area contributed by atoms with E-state index in [1.165, 1.54) is 24.0 Å². The van der Waals surface area contributed by atoms with E-state index in [4.69, 9.17) is 26.2 Å². The zero-order valence-electron chi connectivity index (χ0n) is 33.5. The third-order valence-corrected chi connectivity index (χ3v) is 14.7. The first-order valence-corrected chi connectivity index (χ1v) is 20.9. The highest BCUT2D eigenvalue weighted by Gasteiger charge is 2.67. The van der Waals surface area contributed by atoms with Crippen molar-refractivity contribution in [2.45, 2.75) is 40.0 Å². The number of ether oxygens (including phenoxy) is 2. The third-order valence-electron chi connectivity index (χ3n) is 13.1. The molecule has 3 fully saturated rings. The summed E-state index contributed by atoms with van der Waals surface area (Å²) in [7, 11) is 4.62. The molecule has 0 radical (unpaired) electrons. The number of carbonyl (C=O) groups is 4. The van der Waals surface area contributed by atoms with Crippen LogP contribution in [0.3, 0.4) is 0 Å². The average Bonchev–Trinajstić information content (AvgIpc) is 3.90. The second kappa shape index (κ2) is 14.2. The van der Waals surface area contributed by atoms with E-state index in [0.717, 1.165) is 38.1 Å². The highest BCUT2D eigenvalue weighted by molar-refractivity contribution is 7.22. The van der Waals surface area contributed by atoms with Crippen molar-refractivity contribution in [1.29, 1.82) is 0 Å². The Bertz CT molecular complexity index is 2660. The van der Waals surface area contributed by atoms with Crippen molar-refractivity contribution in [3.05, 3.63) is 100 Å². The van der Waals surface area contributed by atoms with Crippen molar-refractivity contribution < 1.29 is 33.8 Å². The van der Waals surface area contributed by atoms with Gasteiger partial charge in [0.2, 0.25) is 29.4 Å².